The average molecular weight is 386 g/mol. The molecule has 4 nitrogen and oxygen atoms in total. The summed E-state index contributed by atoms with van der Waals surface area (Å²) in [6.07, 6.45) is 1.92. The van der Waals surface area contributed by atoms with Crippen molar-refractivity contribution in [2.45, 2.75) is 13.0 Å². The molecule has 7 heteroatoms. The van der Waals surface area contributed by atoms with Crippen LogP contribution >= 0.6 is 23.1 Å². The van der Waals surface area contributed by atoms with Gasteiger partial charge in [-0.25, -0.2) is 9.37 Å². The zero-order valence-corrected chi connectivity index (χ0v) is 15.1. The Kier molecular flexibility index (Phi) is 4.53. The molecule has 0 radical (unpaired) electrons. The number of aromatic nitrogens is 3. The number of halogens is 2. The fraction of sp³-hybridized carbons (Fsp3) is 0.105. The first-order valence-electron chi connectivity index (χ1n) is 7.97. The van der Waals surface area contributed by atoms with Crippen molar-refractivity contribution in [3.63, 3.8) is 0 Å². The minimum atomic E-state index is -0.266. The van der Waals surface area contributed by atoms with Gasteiger partial charge in [-0.2, -0.15) is 4.37 Å². The van der Waals surface area contributed by atoms with Crippen LogP contribution in [0.15, 0.2) is 59.7 Å². The van der Waals surface area contributed by atoms with E-state index in [0.29, 0.717) is 39.5 Å². The number of nitrogens with zero attached hydrogens (tertiary/aromatic N) is 3. The van der Waals surface area contributed by atoms with E-state index in [2.05, 4.69) is 9.36 Å². The molecule has 26 heavy (non-hydrogen) atoms. The molecule has 2 aromatic heterocycles. The van der Waals surface area contributed by atoms with Gasteiger partial charge in [-0.1, -0.05) is 41.9 Å². The Morgan fingerprint density at radius 1 is 1.12 bits per heavy atom. The van der Waals surface area contributed by atoms with Crippen LogP contribution in [0.1, 0.15) is 5.56 Å². The second kappa shape index (κ2) is 6.97. The van der Waals surface area contributed by atoms with E-state index in [4.69, 9.17) is 11.6 Å². The molecule has 4 rings (SSSR count). The third-order valence-electron chi connectivity index (χ3n) is 4.15. The fourth-order valence-corrected chi connectivity index (χ4v) is 3.69. The highest BCUT2D eigenvalue weighted by atomic mass is 35.5. The standard InChI is InChI=1S/C19H13ClFN3OS/c20-14-7-5-13(6-8-14)16-17-18(26-23-16)19(25)24(11-22-17)10-9-12-3-1-2-4-15(12)21/h1-8,11H,9-10H2. The predicted molar refractivity (Wildman–Crippen MR) is 102 cm³/mol. The van der Waals surface area contributed by atoms with E-state index in [1.807, 2.05) is 12.1 Å². The number of hydrogen-bond donors (Lipinski definition) is 0. The molecule has 0 unspecified atom stereocenters. The molecule has 0 aliphatic carbocycles. The zero-order chi connectivity index (χ0) is 18.1. The second-order valence-corrected chi connectivity index (χ2v) is 7.01. The summed E-state index contributed by atoms with van der Waals surface area (Å²) in [4.78, 5) is 17.1. The Labute approximate surface area is 157 Å². The lowest BCUT2D eigenvalue weighted by Crippen LogP contribution is -2.21. The smallest absolute Gasteiger partial charge is 0.272 e. The van der Waals surface area contributed by atoms with Crippen molar-refractivity contribution >= 4 is 33.4 Å². The summed E-state index contributed by atoms with van der Waals surface area (Å²) in [6, 6.07) is 13.8. The van der Waals surface area contributed by atoms with Crippen LogP contribution in [0.3, 0.4) is 0 Å². The van der Waals surface area contributed by atoms with E-state index in [0.717, 1.165) is 17.1 Å². The summed E-state index contributed by atoms with van der Waals surface area (Å²) in [6.45, 7) is 0.358. The lowest BCUT2D eigenvalue weighted by atomic mass is 10.1. The Morgan fingerprint density at radius 2 is 1.88 bits per heavy atom. The number of rotatable bonds is 4. The summed E-state index contributed by atoms with van der Waals surface area (Å²) < 4.78 is 20.1. The van der Waals surface area contributed by atoms with Gasteiger partial charge in [-0.15, -0.1) is 0 Å². The minimum absolute atomic E-state index is 0.163. The summed E-state index contributed by atoms with van der Waals surface area (Å²) >= 11 is 7.05. The molecule has 130 valence electrons. The predicted octanol–water partition coefficient (Wildman–Crippen LogP) is 4.56. The first-order chi connectivity index (χ1) is 12.6. The van der Waals surface area contributed by atoms with Crippen molar-refractivity contribution in [1.29, 1.82) is 0 Å². The van der Waals surface area contributed by atoms with Crippen LogP contribution in [-0.2, 0) is 13.0 Å². The van der Waals surface area contributed by atoms with Gasteiger partial charge in [-0.05, 0) is 41.7 Å². The van der Waals surface area contributed by atoms with E-state index in [9.17, 15) is 9.18 Å². The zero-order valence-electron chi connectivity index (χ0n) is 13.5. The third-order valence-corrected chi connectivity index (χ3v) is 5.22. The van der Waals surface area contributed by atoms with E-state index in [-0.39, 0.29) is 11.4 Å². The third kappa shape index (κ3) is 3.13. The van der Waals surface area contributed by atoms with Gasteiger partial charge >= 0.3 is 0 Å². The van der Waals surface area contributed by atoms with Gasteiger partial charge in [0.15, 0.2) is 0 Å². The Bertz CT molecular complexity index is 1140. The minimum Gasteiger partial charge on any atom is -0.298 e. The Hall–Kier alpha value is -2.57. The monoisotopic (exact) mass is 385 g/mol. The molecule has 0 N–H and O–H groups in total. The molecule has 0 aliphatic heterocycles. The van der Waals surface area contributed by atoms with Gasteiger partial charge in [-0.3, -0.25) is 9.36 Å². The lowest BCUT2D eigenvalue weighted by Gasteiger charge is -2.06. The van der Waals surface area contributed by atoms with Crippen LogP contribution < -0.4 is 5.56 Å². The van der Waals surface area contributed by atoms with Crippen molar-refractivity contribution in [3.8, 4) is 11.3 Å². The van der Waals surface area contributed by atoms with Crippen LogP contribution in [0.4, 0.5) is 4.39 Å². The summed E-state index contributed by atoms with van der Waals surface area (Å²) in [7, 11) is 0. The van der Waals surface area contributed by atoms with Crippen LogP contribution in [0.5, 0.6) is 0 Å². The molecule has 0 amide bonds. The number of fused-ring (bicyclic) bond motifs is 1. The summed E-state index contributed by atoms with van der Waals surface area (Å²) in [5.74, 6) is -0.266. The molecular formula is C19H13ClFN3OS. The van der Waals surface area contributed by atoms with E-state index in [1.165, 1.54) is 17.0 Å². The van der Waals surface area contributed by atoms with Gasteiger partial charge in [0.05, 0.1) is 6.33 Å². The summed E-state index contributed by atoms with van der Waals surface area (Å²) in [5, 5.41) is 0.636. The maximum absolute atomic E-state index is 13.7. The van der Waals surface area contributed by atoms with Gasteiger partial charge in [0, 0.05) is 17.1 Å². The number of benzene rings is 2. The van der Waals surface area contributed by atoms with E-state index in [1.54, 1.807) is 30.3 Å². The fourth-order valence-electron chi connectivity index (χ4n) is 2.75. The molecular weight excluding hydrogens is 373 g/mol. The van der Waals surface area contributed by atoms with E-state index >= 15 is 0 Å². The first kappa shape index (κ1) is 16.9. The molecule has 0 saturated heterocycles. The highest BCUT2D eigenvalue weighted by Gasteiger charge is 2.14. The molecule has 0 saturated carbocycles. The number of aryl methyl sites for hydroxylation is 2. The summed E-state index contributed by atoms with van der Waals surface area (Å²) in [5.41, 5.74) is 2.51. The van der Waals surface area contributed by atoms with E-state index < -0.39 is 0 Å². The average Bonchev–Trinajstić information content (AvgIpc) is 3.08. The van der Waals surface area contributed by atoms with Crippen molar-refractivity contribution in [2.75, 3.05) is 0 Å². The molecule has 2 heterocycles. The number of hydrogen-bond acceptors (Lipinski definition) is 4. The maximum Gasteiger partial charge on any atom is 0.272 e. The van der Waals surface area contributed by atoms with Gasteiger partial charge in [0.25, 0.3) is 5.56 Å². The maximum atomic E-state index is 13.7. The highest BCUT2D eigenvalue weighted by molar-refractivity contribution is 7.13. The van der Waals surface area contributed by atoms with Crippen molar-refractivity contribution < 1.29 is 4.39 Å². The second-order valence-electron chi connectivity index (χ2n) is 5.80. The Balaban J connectivity index is 1.67. The molecule has 0 fully saturated rings. The lowest BCUT2D eigenvalue weighted by molar-refractivity contribution is 0.588. The normalized spacial score (nSPS) is 11.2. The van der Waals surface area contributed by atoms with Crippen molar-refractivity contribution in [2.24, 2.45) is 0 Å². The first-order valence-corrected chi connectivity index (χ1v) is 9.13. The van der Waals surface area contributed by atoms with Gasteiger partial charge < -0.3 is 0 Å². The van der Waals surface area contributed by atoms with Gasteiger partial charge in [0.1, 0.15) is 21.7 Å². The Morgan fingerprint density at radius 3 is 2.65 bits per heavy atom. The van der Waals surface area contributed by atoms with Crippen molar-refractivity contribution in [1.82, 2.24) is 13.9 Å². The van der Waals surface area contributed by atoms with Crippen LogP contribution in [0, 0.1) is 5.82 Å². The van der Waals surface area contributed by atoms with Gasteiger partial charge in [0.2, 0.25) is 0 Å². The molecule has 4 aromatic rings. The topological polar surface area (TPSA) is 47.8 Å². The van der Waals surface area contributed by atoms with Crippen LogP contribution in [0.2, 0.25) is 5.02 Å². The molecule has 2 aromatic carbocycles. The quantitative estimate of drug-likeness (QED) is 0.517. The molecule has 0 aliphatic rings. The molecule has 0 spiro atoms. The SMILES string of the molecule is O=c1c2snc(-c3ccc(Cl)cc3)c2ncn1CCc1ccccc1F. The largest absolute Gasteiger partial charge is 0.298 e. The van der Waals surface area contributed by atoms with Crippen LogP contribution in [-0.4, -0.2) is 13.9 Å². The van der Waals surface area contributed by atoms with Crippen molar-refractivity contribution in [3.05, 3.63) is 81.6 Å². The molecule has 0 bridgehead atoms. The van der Waals surface area contributed by atoms with Crippen LogP contribution in [0.25, 0.3) is 21.5 Å². The highest BCUT2D eigenvalue weighted by Crippen LogP contribution is 2.28. The molecule has 0 atom stereocenters.